The number of carbonyl (C=O) groups excluding carboxylic acids is 1. The lowest BCUT2D eigenvalue weighted by molar-refractivity contribution is 0.0256. The number of anilines is 1. The summed E-state index contributed by atoms with van der Waals surface area (Å²) in [5.41, 5.74) is 2.86. The smallest absolute Gasteiger partial charge is 0.410 e. The number of likely N-dealkylation sites (tertiary alicyclic amines) is 1. The number of nitrogens with zero attached hydrogens (tertiary/aromatic N) is 3. The number of ether oxygens (including phenoxy) is 1. The first-order valence-electron chi connectivity index (χ1n) is 8.42. The van der Waals surface area contributed by atoms with Crippen molar-refractivity contribution in [3.8, 4) is 0 Å². The van der Waals surface area contributed by atoms with Crippen molar-refractivity contribution in [1.82, 2.24) is 14.7 Å². The Kier molecular flexibility index (Phi) is 5.22. The summed E-state index contributed by atoms with van der Waals surface area (Å²) >= 11 is 0. The summed E-state index contributed by atoms with van der Waals surface area (Å²) in [6.45, 7) is 11.3. The molecule has 1 aromatic rings. The van der Waals surface area contributed by atoms with Gasteiger partial charge in [0.1, 0.15) is 5.60 Å². The maximum atomic E-state index is 12.2. The second-order valence-electron chi connectivity index (χ2n) is 7.41. The largest absolute Gasteiger partial charge is 0.444 e. The van der Waals surface area contributed by atoms with Gasteiger partial charge in [0.15, 0.2) is 0 Å². The van der Waals surface area contributed by atoms with Gasteiger partial charge < -0.3 is 15.0 Å². The van der Waals surface area contributed by atoms with E-state index in [4.69, 9.17) is 4.74 Å². The molecule has 2 heterocycles. The van der Waals surface area contributed by atoms with Crippen LogP contribution in [0.5, 0.6) is 0 Å². The Morgan fingerprint density at radius 3 is 2.52 bits per heavy atom. The van der Waals surface area contributed by atoms with Gasteiger partial charge in [0.2, 0.25) is 0 Å². The lowest BCUT2D eigenvalue weighted by Crippen LogP contribution is -2.37. The molecule has 1 unspecified atom stereocenters. The van der Waals surface area contributed by atoms with Gasteiger partial charge in [-0.25, -0.2) is 4.79 Å². The molecule has 1 atom stereocenters. The molecule has 1 aromatic heterocycles. The van der Waals surface area contributed by atoms with Gasteiger partial charge in [-0.1, -0.05) is 0 Å². The molecule has 2 rings (SSSR count). The molecule has 0 aromatic carbocycles. The van der Waals surface area contributed by atoms with Crippen molar-refractivity contribution in [3.05, 3.63) is 11.4 Å². The highest BCUT2D eigenvalue weighted by Crippen LogP contribution is 2.23. The Morgan fingerprint density at radius 2 is 1.96 bits per heavy atom. The second-order valence-corrected chi connectivity index (χ2v) is 7.41. The minimum Gasteiger partial charge on any atom is -0.444 e. The number of aryl methyl sites for hydroxylation is 2. The molecule has 6 nitrogen and oxygen atoms in total. The first-order valence-corrected chi connectivity index (χ1v) is 8.42. The van der Waals surface area contributed by atoms with E-state index in [0.29, 0.717) is 6.04 Å². The predicted molar refractivity (Wildman–Crippen MR) is 91.8 cm³/mol. The normalized spacial score (nSPS) is 19.4. The van der Waals surface area contributed by atoms with Gasteiger partial charge in [-0.15, -0.1) is 0 Å². The van der Waals surface area contributed by atoms with E-state index < -0.39 is 5.60 Å². The molecule has 0 bridgehead atoms. The van der Waals surface area contributed by atoms with Crippen LogP contribution < -0.4 is 5.32 Å². The highest BCUT2D eigenvalue weighted by Gasteiger charge is 2.25. The molecule has 1 aliphatic rings. The molecule has 0 saturated carbocycles. The minimum atomic E-state index is -0.440. The highest BCUT2D eigenvalue weighted by atomic mass is 16.6. The van der Waals surface area contributed by atoms with Crippen LogP contribution in [-0.2, 0) is 11.8 Å². The zero-order chi connectivity index (χ0) is 17.2. The monoisotopic (exact) mass is 322 g/mol. The fourth-order valence-electron chi connectivity index (χ4n) is 2.94. The summed E-state index contributed by atoms with van der Waals surface area (Å²) in [5, 5.41) is 8.08. The summed E-state index contributed by atoms with van der Waals surface area (Å²) in [6, 6.07) is 0.365. The Bertz CT molecular complexity index is 560. The average molecular weight is 322 g/mol. The molecular formula is C17H30N4O2. The van der Waals surface area contributed by atoms with Crippen LogP contribution in [0.1, 0.15) is 51.4 Å². The number of amides is 1. The molecule has 130 valence electrons. The predicted octanol–water partition coefficient (Wildman–Crippen LogP) is 3.24. The summed E-state index contributed by atoms with van der Waals surface area (Å²) in [4.78, 5) is 14.0. The average Bonchev–Trinajstić information content (AvgIpc) is 2.63. The highest BCUT2D eigenvalue weighted by molar-refractivity contribution is 5.68. The van der Waals surface area contributed by atoms with Crippen LogP contribution in [0.4, 0.5) is 10.5 Å². The second kappa shape index (κ2) is 6.81. The molecule has 1 fully saturated rings. The van der Waals surface area contributed by atoms with E-state index in [0.717, 1.165) is 49.4 Å². The Labute approximate surface area is 139 Å². The van der Waals surface area contributed by atoms with Crippen molar-refractivity contribution in [2.75, 3.05) is 18.4 Å². The number of hydrogen-bond acceptors (Lipinski definition) is 4. The van der Waals surface area contributed by atoms with Crippen LogP contribution in [0.25, 0.3) is 0 Å². The third-order valence-corrected chi connectivity index (χ3v) is 4.24. The van der Waals surface area contributed by atoms with Gasteiger partial charge in [0, 0.05) is 26.2 Å². The number of nitrogens with one attached hydrogen (secondary N) is 1. The van der Waals surface area contributed by atoms with Crippen molar-refractivity contribution in [3.63, 3.8) is 0 Å². The Balaban J connectivity index is 1.95. The third kappa shape index (κ3) is 4.62. The zero-order valence-corrected chi connectivity index (χ0v) is 15.3. The van der Waals surface area contributed by atoms with Crippen molar-refractivity contribution < 1.29 is 9.53 Å². The molecule has 1 saturated heterocycles. The van der Waals surface area contributed by atoms with Gasteiger partial charge in [-0.05, 0) is 53.9 Å². The molecule has 6 heteroatoms. The first kappa shape index (κ1) is 17.6. The minimum absolute atomic E-state index is 0.202. The summed E-state index contributed by atoms with van der Waals surface area (Å²) in [6.07, 6.45) is 2.75. The SMILES string of the molecule is Cc1nn(C)c(C)c1NC1CCCN(C(=O)OC(C)(C)C)CC1. The van der Waals surface area contributed by atoms with E-state index >= 15 is 0 Å². The zero-order valence-electron chi connectivity index (χ0n) is 15.3. The van der Waals surface area contributed by atoms with Crippen LogP contribution in [-0.4, -0.2) is 45.5 Å². The molecule has 0 aliphatic carbocycles. The quantitative estimate of drug-likeness (QED) is 0.908. The molecule has 1 N–H and O–H groups in total. The van der Waals surface area contributed by atoms with Crippen LogP contribution in [0.2, 0.25) is 0 Å². The summed E-state index contributed by atoms with van der Waals surface area (Å²) < 4.78 is 7.39. The van der Waals surface area contributed by atoms with Gasteiger partial charge in [-0.3, -0.25) is 4.68 Å². The van der Waals surface area contributed by atoms with E-state index in [-0.39, 0.29) is 6.09 Å². The van der Waals surface area contributed by atoms with Gasteiger partial charge >= 0.3 is 6.09 Å². The van der Waals surface area contributed by atoms with Crippen LogP contribution in [0.15, 0.2) is 0 Å². The fraction of sp³-hybridized carbons (Fsp3) is 0.765. The van der Waals surface area contributed by atoms with Crippen molar-refractivity contribution in [1.29, 1.82) is 0 Å². The number of aromatic nitrogens is 2. The van der Waals surface area contributed by atoms with Crippen LogP contribution >= 0.6 is 0 Å². The fourth-order valence-corrected chi connectivity index (χ4v) is 2.94. The van der Waals surface area contributed by atoms with E-state index in [9.17, 15) is 4.79 Å². The van der Waals surface area contributed by atoms with Gasteiger partial charge in [0.25, 0.3) is 0 Å². The first-order chi connectivity index (χ1) is 10.7. The van der Waals surface area contributed by atoms with Crippen LogP contribution in [0, 0.1) is 13.8 Å². The molecule has 0 radical (unpaired) electrons. The number of carbonyl (C=O) groups is 1. The molecular weight excluding hydrogens is 292 g/mol. The van der Waals surface area contributed by atoms with E-state index in [1.165, 1.54) is 0 Å². The van der Waals surface area contributed by atoms with Crippen molar-refractivity contribution in [2.24, 2.45) is 7.05 Å². The summed E-state index contributed by atoms with van der Waals surface area (Å²) in [5.74, 6) is 0. The summed E-state index contributed by atoms with van der Waals surface area (Å²) in [7, 11) is 1.96. The number of hydrogen-bond donors (Lipinski definition) is 1. The van der Waals surface area contributed by atoms with Crippen LogP contribution in [0.3, 0.4) is 0 Å². The molecule has 23 heavy (non-hydrogen) atoms. The molecule has 1 amide bonds. The standard InChI is InChI=1S/C17H30N4O2/c1-12-15(13(2)20(6)19-12)18-14-8-7-10-21(11-9-14)16(22)23-17(3,4)5/h14,18H,7-11H2,1-6H3. The maximum absolute atomic E-state index is 12.2. The lowest BCUT2D eigenvalue weighted by Gasteiger charge is -2.26. The lowest BCUT2D eigenvalue weighted by atomic mass is 10.1. The van der Waals surface area contributed by atoms with E-state index in [1.54, 1.807) is 0 Å². The maximum Gasteiger partial charge on any atom is 0.410 e. The topological polar surface area (TPSA) is 59.4 Å². The van der Waals surface area contributed by atoms with Crippen molar-refractivity contribution in [2.45, 2.75) is 65.5 Å². The third-order valence-electron chi connectivity index (χ3n) is 4.24. The van der Waals surface area contributed by atoms with Gasteiger partial charge in [0.05, 0.1) is 17.1 Å². The Hall–Kier alpha value is -1.72. The molecule has 1 aliphatic heterocycles. The Morgan fingerprint density at radius 1 is 1.26 bits per heavy atom. The molecule has 0 spiro atoms. The van der Waals surface area contributed by atoms with Crippen molar-refractivity contribution >= 4 is 11.8 Å². The van der Waals surface area contributed by atoms with E-state index in [1.807, 2.05) is 44.3 Å². The van der Waals surface area contributed by atoms with E-state index in [2.05, 4.69) is 17.3 Å². The number of rotatable bonds is 2. The van der Waals surface area contributed by atoms with Gasteiger partial charge in [-0.2, -0.15) is 5.10 Å².